The molecule has 0 spiro atoms. The average molecular weight is 399 g/mol. The predicted octanol–water partition coefficient (Wildman–Crippen LogP) is 1.81. The number of para-hydroxylation sites is 1. The molecule has 7 nitrogen and oxygen atoms in total. The van der Waals surface area contributed by atoms with Crippen LogP contribution in [-0.2, 0) is 26.0 Å². The highest BCUT2D eigenvalue weighted by molar-refractivity contribution is 7.93. The third-order valence-corrected chi connectivity index (χ3v) is 7.14. The first-order valence-electron chi connectivity index (χ1n) is 9.21. The number of aryl methyl sites for hydroxylation is 1. The molecule has 0 saturated carbocycles. The number of nitrogens with two attached hydrogens (primary N) is 1. The van der Waals surface area contributed by atoms with Gasteiger partial charge in [-0.2, -0.15) is 0 Å². The highest BCUT2D eigenvalue weighted by Crippen LogP contribution is 2.35. The minimum Gasteiger partial charge on any atom is -0.368 e. The van der Waals surface area contributed by atoms with E-state index >= 15 is 0 Å². The van der Waals surface area contributed by atoms with Crippen molar-refractivity contribution in [3.63, 3.8) is 0 Å². The van der Waals surface area contributed by atoms with Crippen molar-refractivity contribution in [1.82, 2.24) is 0 Å². The molecule has 1 atom stereocenters. The van der Waals surface area contributed by atoms with Gasteiger partial charge < -0.3 is 10.6 Å². The van der Waals surface area contributed by atoms with E-state index in [9.17, 15) is 18.0 Å². The van der Waals surface area contributed by atoms with Crippen molar-refractivity contribution >= 4 is 33.2 Å². The van der Waals surface area contributed by atoms with Crippen molar-refractivity contribution in [3.8, 4) is 0 Å². The summed E-state index contributed by atoms with van der Waals surface area (Å²) in [6, 6.07) is 12.4. The Labute approximate surface area is 163 Å². The molecule has 2 aromatic rings. The van der Waals surface area contributed by atoms with Crippen molar-refractivity contribution in [1.29, 1.82) is 0 Å². The Morgan fingerprint density at radius 1 is 1.04 bits per heavy atom. The second-order valence-corrected chi connectivity index (χ2v) is 8.84. The lowest BCUT2D eigenvalue weighted by molar-refractivity contribution is -0.119. The zero-order valence-electron chi connectivity index (χ0n) is 15.2. The molecular weight excluding hydrogens is 378 g/mol. The van der Waals surface area contributed by atoms with Gasteiger partial charge in [0.15, 0.2) is 0 Å². The summed E-state index contributed by atoms with van der Waals surface area (Å²) in [7, 11) is -3.99. The quantitative estimate of drug-likeness (QED) is 0.847. The molecule has 2 aliphatic rings. The molecule has 1 fully saturated rings. The van der Waals surface area contributed by atoms with Crippen molar-refractivity contribution in [3.05, 3.63) is 54.1 Å². The van der Waals surface area contributed by atoms with E-state index in [1.54, 1.807) is 29.2 Å². The topological polar surface area (TPSA) is 101 Å². The molecule has 8 heteroatoms. The van der Waals surface area contributed by atoms with Gasteiger partial charge in [0, 0.05) is 18.7 Å². The number of carbonyl (C=O) groups is 2. The van der Waals surface area contributed by atoms with E-state index in [2.05, 4.69) is 0 Å². The largest absolute Gasteiger partial charge is 0.368 e. The molecule has 2 heterocycles. The Morgan fingerprint density at radius 2 is 1.75 bits per heavy atom. The van der Waals surface area contributed by atoms with Gasteiger partial charge in [-0.05, 0) is 55.2 Å². The summed E-state index contributed by atoms with van der Waals surface area (Å²) in [4.78, 5) is 25.6. The maximum absolute atomic E-state index is 13.4. The van der Waals surface area contributed by atoms with Gasteiger partial charge in [-0.25, -0.2) is 8.42 Å². The second kappa shape index (κ2) is 6.94. The van der Waals surface area contributed by atoms with Crippen LogP contribution >= 0.6 is 0 Å². The van der Waals surface area contributed by atoms with E-state index in [1.807, 2.05) is 12.1 Å². The molecule has 0 aliphatic carbocycles. The molecule has 2 amide bonds. The van der Waals surface area contributed by atoms with Crippen LogP contribution in [0.25, 0.3) is 0 Å². The van der Waals surface area contributed by atoms with Crippen molar-refractivity contribution in [2.45, 2.75) is 36.6 Å². The first-order valence-corrected chi connectivity index (χ1v) is 10.7. The van der Waals surface area contributed by atoms with Crippen molar-refractivity contribution < 1.29 is 18.0 Å². The summed E-state index contributed by atoms with van der Waals surface area (Å²) in [5.74, 6) is -0.633. The lowest BCUT2D eigenvalue weighted by atomic mass is 9.98. The van der Waals surface area contributed by atoms with Gasteiger partial charge in [-0.1, -0.05) is 18.2 Å². The van der Waals surface area contributed by atoms with Crippen LogP contribution in [0.3, 0.4) is 0 Å². The summed E-state index contributed by atoms with van der Waals surface area (Å²) in [6.45, 7) is 0.633. The van der Waals surface area contributed by atoms with Crippen LogP contribution in [0.1, 0.15) is 24.8 Å². The number of benzene rings is 2. The number of anilines is 2. The Balaban J connectivity index is 1.74. The van der Waals surface area contributed by atoms with Gasteiger partial charge >= 0.3 is 0 Å². The summed E-state index contributed by atoms with van der Waals surface area (Å²) in [6.07, 6.45) is 2.23. The van der Waals surface area contributed by atoms with Crippen LogP contribution < -0.4 is 14.9 Å². The molecule has 1 saturated heterocycles. The lowest BCUT2D eigenvalue weighted by Crippen LogP contribution is -2.50. The second-order valence-electron chi connectivity index (χ2n) is 7.03. The van der Waals surface area contributed by atoms with E-state index in [0.717, 1.165) is 16.3 Å². The number of fused-ring (bicyclic) bond motifs is 1. The Bertz CT molecular complexity index is 1030. The standard InChI is InChI=1S/C20H21N3O4S/c21-20(25)18-12-7-14-4-1-2-5-17(14)23(18)28(26,27)16-10-8-15(9-11-16)22-13-3-6-19(22)24/h1-2,4-5,8-11,18H,3,6-7,12-13H2,(H2,21,25)/t18-/m1/s1. The number of rotatable bonds is 4. The Kier molecular flexibility index (Phi) is 4.58. The number of hydrogen-bond donors (Lipinski definition) is 1. The molecule has 0 bridgehead atoms. The summed E-state index contributed by atoms with van der Waals surface area (Å²) < 4.78 is 27.9. The molecule has 2 aliphatic heterocycles. The molecule has 146 valence electrons. The highest BCUT2D eigenvalue weighted by Gasteiger charge is 2.38. The molecule has 28 heavy (non-hydrogen) atoms. The Morgan fingerprint density at radius 3 is 2.39 bits per heavy atom. The number of hydrogen-bond acceptors (Lipinski definition) is 4. The first-order chi connectivity index (χ1) is 13.4. The number of amides is 2. The summed E-state index contributed by atoms with van der Waals surface area (Å²) in [5.41, 5.74) is 7.54. The molecule has 0 aromatic heterocycles. The molecule has 2 N–H and O–H groups in total. The zero-order chi connectivity index (χ0) is 19.9. The molecule has 4 rings (SSSR count). The average Bonchev–Trinajstić information content (AvgIpc) is 3.13. The first kappa shape index (κ1) is 18.5. The zero-order valence-corrected chi connectivity index (χ0v) is 16.1. The van der Waals surface area contributed by atoms with E-state index in [1.165, 1.54) is 12.1 Å². The number of sulfonamides is 1. The van der Waals surface area contributed by atoms with E-state index in [4.69, 9.17) is 5.73 Å². The summed E-state index contributed by atoms with van der Waals surface area (Å²) >= 11 is 0. The molecule has 0 unspecified atom stereocenters. The van der Waals surface area contributed by atoms with E-state index in [-0.39, 0.29) is 10.8 Å². The molecule has 2 aromatic carbocycles. The molecule has 0 radical (unpaired) electrons. The fourth-order valence-electron chi connectivity index (χ4n) is 3.90. The lowest BCUT2D eigenvalue weighted by Gasteiger charge is -2.36. The van der Waals surface area contributed by atoms with Crippen LogP contribution in [0.4, 0.5) is 11.4 Å². The van der Waals surface area contributed by atoms with Crippen LogP contribution in [0, 0.1) is 0 Å². The van der Waals surface area contributed by atoms with Crippen LogP contribution in [0.5, 0.6) is 0 Å². The maximum atomic E-state index is 13.4. The highest BCUT2D eigenvalue weighted by atomic mass is 32.2. The predicted molar refractivity (Wildman–Crippen MR) is 105 cm³/mol. The van der Waals surface area contributed by atoms with Crippen LogP contribution in [-0.4, -0.2) is 32.8 Å². The fourth-order valence-corrected chi connectivity index (χ4v) is 5.59. The van der Waals surface area contributed by atoms with Crippen molar-refractivity contribution in [2.24, 2.45) is 5.73 Å². The van der Waals surface area contributed by atoms with E-state index < -0.39 is 22.0 Å². The number of nitrogens with zero attached hydrogens (tertiary/aromatic N) is 2. The van der Waals surface area contributed by atoms with Gasteiger partial charge in [0.2, 0.25) is 11.8 Å². The smallest absolute Gasteiger partial charge is 0.265 e. The van der Waals surface area contributed by atoms with Gasteiger partial charge in [0.05, 0.1) is 10.6 Å². The normalized spacial score (nSPS) is 19.6. The van der Waals surface area contributed by atoms with Gasteiger partial charge in [-0.15, -0.1) is 0 Å². The summed E-state index contributed by atoms with van der Waals surface area (Å²) in [5, 5.41) is 0. The number of primary amides is 1. The fraction of sp³-hybridized carbons (Fsp3) is 0.300. The SMILES string of the molecule is NC(=O)[C@H]1CCc2ccccc2N1S(=O)(=O)c1ccc(N2CCCC2=O)cc1. The van der Waals surface area contributed by atoms with Crippen molar-refractivity contribution in [2.75, 3.05) is 15.7 Å². The van der Waals surface area contributed by atoms with Crippen LogP contribution in [0.2, 0.25) is 0 Å². The minimum absolute atomic E-state index is 0.0364. The third kappa shape index (κ3) is 3.03. The minimum atomic E-state index is -3.99. The van der Waals surface area contributed by atoms with E-state index in [0.29, 0.717) is 37.2 Å². The van der Waals surface area contributed by atoms with Crippen LogP contribution in [0.15, 0.2) is 53.4 Å². The van der Waals surface area contributed by atoms with Gasteiger partial charge in [0.1, 0.15) is 6.04 Å². The molecular formula is C20H21N3O4S. The van der Waals surface area contributed by atoms with Gasteiger partial charge in [0.25, 0.3) is 10.0 Å². The third-order valence-electron chi connectivity index (χ3n) is 5.31. The number of carbonyl (C=O) groups excluding carboxylic acids is 2. The maximum Gasteiger partial charge on any atom is 0.265 e. The van der Waals surface area contributed by atoms with Gasteiger partial charge in [-0.3, -0.25) is 13.9 Å². The Hall–Kier alpha value is -2.87. The monoisotopic (exact) mass is 399 g/mol.